The lowest BCUT2D eigenvalue weighted by Gasteiger charge is -2.37. The molecular formula is C13H25NO4. The van der Waals surface area contributed by atoms with Crippen LogP contribution in [0.25, 0.3) is 0 Å². The Morgan fingerprint density at radius 1 is 1.50 bits per heavy atom. The van der Waals surface area contributed by atoms with Crippen molar-refractivity contribution in [3.63, 3.8) is 0 Å². The number of ether oxygens (including phenoxy) is 1. The van der Waals surface area contributed by atoms with E-state index in [0.29, 0.717) is 6.42 Å². The first-order valence-electron chi connectivity index (χ1n) is 6.76. The zero-order valence-electron chi connectivity index (χ0n) is 11.7. The molecule has 0 saturated carbocycles. The molecular weight excluding hydrogens is 234 g/mol. The van der Waals surface area contributed by atoms with Crippen LogP contribution in [0.5, 0.6) is 0 Å². The van der Waals surface area contributed by atoms with Crippen LogP contribution in [0.15, 0.2) is 0 Å². The third-order valence-corrected chi connectivity index (χ3v) is 3.41. The number of rotatable bonds is 7. The summed E-state index contributed by atoms with van der Waals surface area (Å²) in [5.41, 5.74) is 0. The highest BCUT2D eigenvalue weighted by atomic mass is 17.2. The average Bonchev–Trinajstić information content (AvgIpc) is 2.41. The second kappa shape index (κ2) is 7.71. The lowest BCUT2D eigenvalue weighted by Crippen LogP contribution is -2.42. The molecule has 2 atom stereocenters. The fourth-order valence-electron chi connectivity index (χ4n) is 2.12. The van der Waals surface area contributed by atoms with Crippen LogP contribution in [0, 0.1) is 0 Å². The van der Waals surface area contributed by atoms with Crippen LogP contribution in [0.1, 0.15) is 51.9 Å². The smallest absolute Gasteiger partial charge is 0.222 e. The van der Waals surface area contributed by atoms with Crippen LogP contribution in [-0.2, 0) is 19.3 Å². The summed E-state index contributed by atoms with van der Waals surface area (Å²) in [5.74, 6) is -0.645. The van der Waals surface area contributed by atoms with Crippen molar-refractivity contribution in [2.24, 2.45) is 0 Å². The molecule has 1 saturated heterocycles. The first-order chi connectivity index (χ1) is 8.65. The normalized spacial score (nSPS) is 28.1. The van der Waals surface area contributed by atoms with Gasteiger partial charge in [-0.05, 0) is 12.8 Å². The molecule has 0 aromatic carbocycles. The van der Waals surface area contributed by atoms with Crippen molar-refractivity contribution in [2.45, 2.75) is 63.8 Å². The van der Waals surface area contributed by atoms with E-state index >= 15 is 0 Å². The van der Waals surface area contributed by atoms with E-state index in [0.717, 1.165) is 32.1 Å². The number of unbranched alkanes of at least 4 members (excludes halogenated alkanes) is 2. The Balaban J connectivity index is 2.36. The Morgan fingerprint density at radius 3 is 2.78 bits per heavy atom. The molecule has 1 rings (SSSR count). The molecule has 0 aliphatic carbocycles. The summed E-state index contributed by atoms with van der Waals surface area (Å²) in [6, 6.07) is 0. The zero-order chi connectivity index (χ0) is 13.4. The highest BCUT2D eigenvalue weighted by Crippen LogP contribution is 2.33. The Kier molecular flexibility index (Phi) is 6.60. The van der Waals surface area contributed by atoms with Gasteiger partial charge in [-0.2, -0.15) is 0 Å². The topological polar surface area (TPSA) is 56.8 Å². The van der Waals surface area contributed by atoms with Crippen LogP contribution >= 0.6 is 0 Å². The summed E-state index contributed by atoms with van der Waals surface area (Å²) in [7, 11) is 3.27. The lowest BCUT2D eigenvalue weighted by atomic mass is 9.98. The number of methoxy groups -OCH3 is 1. The van der Waals surface area contributed by atoms with Crippen LogP contribution in [-0.4, -0.2) is 32.0 Å². The number of hydrogen-bond donors (Lipinski definition) is 1. The second-order valence-corrected chi connectivity index (χ2v) is 4.79. The van der Waals surface area contributed by atoms with Gasteiger partial charge in [0.2, 0.25) is 11.7 Å². The maximum Gasteiger partial charge on any atom is 0.222 e. The van der Waals surface area contributed by atoms with Gasteiger partial charge in [0.05, 0.1) is 6.42 Å². The first kappa shape index (κ1) is 15.4. The second-order valence-electron chi connectivity index (χ2n) is 4.79. The maximum atomic E-state index is 11.2. The molecule has 0 bridgehead atoms. The largest absolute Gasteiger partial charge is 0.359 e. The molecule has 1 N–H and O–H groups in total. The minimum Gasteiger partial charge on any atom is -0.359 e. The molecule has 0 aromatic rings. The predicted molar refractivity (Wildman–Crippen MR) is 67.8 cm³/mol. The van der Waals surface area contributed by atoms with Gasteiger partial charge in [0.25, 0.3) is 0 Å². The number of nitrogens with one attached hydrogen (secondary N) is 1. The summed E-state index contributed by atoms with van der Waals surface area (Å²) in [6.45, 7) is 2.16. The van der Waals surface area contributed by atoms with Gasteiger partial charge in [-0.25, -0.2) is 9.78 Å². The van der Waals surface area contributed by atoms with Crippen LogP contribution in [0.2, 0.25) is 0 Å². The van der Waals surface area contributed by atoms with E-state index in [1.807, 2.05) is 0 Å². The van der Waals surface area contributed by atoms with Gasteiger partial charge in [-0.3, -0.25) is 4.79 Å². The third kappa shape index (κ3) is 4.55. The van der Waals surface area contributed by atoms with Crippen molar-refractivity contribution in [3.05, 3.63) is 0 Å². The van der Waals surface area contributed by atoms with Crippen molar-refractivity contribution in [1.29, 1.82) is 0 Å². The molecule has 1 heterocycles. The van der Waals surface area contributed by atoms with E-state index < -0.39 is 5.79 Å². The molecule has 106 valence electrons. The molecule has 18 heavy (non-hydrogen) atoms. The molecule has 1 amide bonds. The number of carbonyl (C=O) groups excluding carboxylic acids is 1. The van der Waals surface area contributed by atoms with Crippen LogP contribution in [0.3, 0.4) is 0 Å². The summed E-state index contributed by atoms with van der Waals surface area (Å²) in [4.78, 5) is 22.0. The number of carbonyl (C=O) groups is 1. The SMILES string of the molecule is CCCCCC1(OC)CCC(CC(=O)NC)OO1. The zero-order valence-corrected chi connectivity index (χ0v) is 11.7. The fraction of sp³-hybridized carbons (Fsp3) is 0.923. The van der Waals surface area contributed by atoms with Crippen molar-refractivity contribution in [1.82, 2.24) is 5.32 Å². The highest BCUT2D eigenvalue weighted by molar-refractivity contribution is 5.76. The van der Waals surface area contributed by atoms with Gasteiger partial charge in [0.1, 0.15) is 6.10 Å². The summed E-state index contributed by atoms with van der Waals surface area (Å²) in [6.07, 6.45) is 5.96. The van der Waals surface area contributed by atoms with Gasteiger partial charge < -0.3 is 10.1 Å². The molecule has 0 spiro atoms. The van der Waals surface area contributed by atoms with E-state index in [-0.39, 0.29) is 12.0 Å². The summed E-state index contributed by atoms with van der Waals surface area (Å²) in [5, 5.41) is 2.58. The Hall–Kier alpha value is -0.650. The number of amides is 1. The fourth-order valence-corrected chi connectivity index (χ4v) is 2.12. The van der Waals surface area contributed by atoms with E-state index in [9.17, 15) is 4.79 Å². The van der Waals surface area contributed by atoms with Crippen molar-refractivity contribution in [2.75, 3.05) is 14.2 Å². The molecule has 1 aliphatic heterocycles. The molecule has 0 aromatic heterocycles. The number of hydrogen-bond acceptors (Lipinski definition) is 4. The van der Waals surface area contributed by atoms with Crippen molar-refractivity contribution in [3.8, 4) is 0 Å². The Bertz CT molecular complexity index is 249. The molecule has 1 aliphatic rings. The highest BCUT2D eigenvalue weighted by Gasteiger charge is 2.38. The molecule has 1 fully saturated rings. The lowest BCUT2D eigenvalue weighted by molar-refractivity contribution is -0.465. The van der Waals surface area contributed by atoms with Crippen molar-refractivity contribution < 1.29 is 19.3 Å². The summed E-state index contributed by atoms with van der Waals surface area (Å²) >= 11 is 0. The van der Waals surface area contributed by atoms with Gasteiger partial charge >= 0.3 is 0 Å². The third-order valence-electron chi connectivity index (χ3n) is 3.41. The predicted octanol–water partition coefficient (Wildman–Crippen LogP) is 2.16. The quantitative estimate of drug-likeness (QED) is 0.562. The van der Waals surface area contributed by atoms with Gasteiger partial charge in [-0.15, -0.1) is 0 Å². The van der Waals surface area contributed by atoms with E-state index in [2.05, 4.69) is 12.2 Å². The van der Waals surface area contributed by atoms with Crippen LogP contribution < -0.4 is 5.32 Å². The van der Waals surface area contributed by atoms with E-state index in [4.69, 9.17) is 14.5 Å². The Labute approximate surface area is 109 Å². The van der Waals surface area contributed by atoms with Crippen molar-refractivity contribution >= 4 is 5.91 Å². The minimum absolute atomic E-state index is 0.0282. The molecule has 0 radical (unpaired) electrons. The van der Waals surface area contributed by atoms with Crippen LogP contribution in [0.4, 0.5) is 0 Å². The monoisotopic (exact) mass is 259 g/mol. The summed E-state index contributed by atoms with van der Waals surface area (Å²) < 4.78 is 5.46. The molecule has 5 heteroatoms. The molecule has 5 nitrogen and oxygen atoms in total. The Morgan fingerprint density at radius 2 is 2.28 bits per heavy atom. The van der Waals surface area contributed by atoms with E-state index in [1.165, 1.54) is 6.42 Å². The minimum atomic E-state index is -0.617. The molecule has 2 unspecified atom stereocenters. The average molecular weight is 259 g/mol. The standard InChI is InChI=1S/C13H25NO4/c1-4-5-6-8-13(16-3)9-7-11(17-18-13)10-12(15)14-2/h11H,4-10H2,1-3H3,(H,14,15). The van der Waals surface area contributed by atoms with E-state index in [1.54, 1.807) is 14.2 Å². The van der Waals surface area contributed by atoms with Gasteiger partial charge in [0, 0.05) is 27.0 Å². The maximum absolute atomic E-state index is 11.2. The first-order valence-corrected chi connectivity index (χ1v) is 6.76. The van der Waals surface area contributed by atoms with Gasteiger partial charge in [-0.1, -0.05) is 19.8 Å². The van der Waals surface area contributed by atoms with Gasteiger partial charge in [0.15, 0.2) is 0 Å².